The fraction of sp³-hybridized carbons (Fsp3) is 0.278. The van der Waals surface area contributed by atoms with E-state index in [0.717, 1.165) is 11.1 Å². The van der Waals surface area contributed by atoms with Gasteiger partial charge in [0.15, 0.2) is 24.4 Å². The number of rotatable bonds is 17. The summed E-state index contributed by atoms with van der Waals surface area (Å²) in [5.41, 5.74) is 2.91. The minimum Gasteiger partial charge on any atom is -0.454 e. The predicted octanol–water partition coefficient (Wildman–Crippen LogP) is 7.33. The smallest absolute Gasteiger partial charge is 0.340 e. The van der Waals surface area contributed by atoms with Crippen LogP contribution in [-0.4, -0.2) is 51.6 Å². The van der Waals surface area contributed by atoms with Crippen LogP contribution < -0.4 is 0 Å². The van der Waals surface area contributed by atoms with Crippen molar-refractivity contribution >= 4 is 35.1 Å². The summed E-state index contributed by atoms with van der Waals surface area (Å²) in [5, 5.41) is 1.19. The summed E-state index contributed by atoms with van der Waals surface area (Å²) in [5.74, 6) is -1.36. The molecule has 0 heterocycles. The average molecular weight is 668 g/mol. The Morgan fingerprint density at radius 1 is 0.543 bits per heavy atom. The molecule has 0 aliphatic rings. The highest BCUT2D eigenvalue weighted by atomic mass is 35.5. The second-order valence-corrected chi connectivity index (χ2v) is 11.2. The maximum Gasteiger partial charge on any atom is 0.340 e. The topological polar surface area (TPSA) is 89.5 Å². The Morgan fingerprint density at radius 2 is 0.891 bits per heavy atom. The second kappa shape index (κ2) is 18.4. The SMILES string of the molecule is CO[C@@H](C(=O)O[C@@H](COCc1ccc(Cl)cc1)[C@H](COCc1ccc(Cl)cc1)OC(=O)[C@H](OC)c1ccccc1)c1ccccc1. The van der Waals surface area contributed by atoms with Crippen LogP contribution in [0.2, 0.25) is 10.0 Å². The molecule has 4 aromatic rings. The third-order valence-corrected chi connectivity index (χ3v) is 7.49. The van der Waals surface area contributed by atoms with E-state index in [1.807, 2.05) is 36.4 Å². The third kappa shape index (κ3) is 10.7. The van der Waals surface area contributed by atoms with Gasteiger partial charge in [-0.05, 0) is 46.5 Å². The minimum atomic E-state index is -1.08. The molecule has 0 bridgehead atoms. The number of carbonyl (C=O) groups is 2. The van der Waals surface area contributed by atoms with Gasteiger partial charge in [-0.25, -0.2) is 9.59 Å². The Labute approximate surface area is 279 Å². The summed E-state index contributed by atoms with van der Waals surface area (Å²) in [6, 6.07) is 32.2. The van der Waals surface area contributed by atoms with Gasteiger partial charge in [-0.15, -0.1) is 0 Å². The van der Waals surface area contributed by atoms with E-state index < -0.39 is 36.4 Å². The number of methoxy groups -OCH3 is 2. The summed E-state index contributed by atoms with van der Waals surface area (Å²) in [7, 11) is 2.83. The zero-order valence-corrected chi connectivity index (χ0v) is 27.1. The van der Waals surface area contributed by atoms with E-state index in [-0.39, 0.29) is 26.4 Å². The first kappa shape index (κ1) is 35.1. The van der Waals surface area contributed by atoms with E-state index in [4.69, 9.17) is 51.6 Å². The average Bonchev–Trinajstić information content (AvgIpc) is 3.07. The van der Waals surface area contributed by atoms with Gasteiger partial charge in [-0.2, -0.15) is 0 Å². The van der Waals surface area contributed by atoms with E-state index in [1.165, 1.54) is 14.2 Å². The van der Waals surface area contributed by atoms with Gasteiger partial charge >= 0.3 is 11.9 Å². The summed E-state index contributed by atoms with van der Waals surface area (Å²) in [6.45, 7) is 0.138. The van der Waals surface area contributed by atoms with Gasteiger partial charge < -0.3 is 28.4 Å². The summed E-state index contributed by atoms with van der Waals surface area (Å²) in [4.78, 5) is 27.1. The molecule has 0 aliphatic heterocycles. The van der Waals surface area contributed by atoms with Crippen molar-refractivity contribution in [3.63, 3.8) is 0 Å². The van der Waals surface area contributed by atoms with Crippen molar-refractivity contribution in [1.29, 1.82) is 0 Å². The van der Waals surface area contributed by atoms with Crippen LogP contribution in [0.5, 0.6) is 0 Å². The Hall–Kier alpha value is -3.76. The molecule has 0 saturated heterocycles. The van der Waals surface area contributed by atoms with Crippen molar-refractivity contribution < 1.29 is 38.0 Å². The van der Waals surface area contributed by atoms with Crippen LogP contribution in [0.15, 0.2) is 109 Å². The first-order valence-corrected chi connectivity index (χ1v) is 15.3. The summed E-state index contributed by atoms with van der Waals surface area (Å²) >= 11 is 12.1. The van der Waals surface area contributed by atoms with Crippen LogP contribution in [-0.2, 0) is 51.2 Å². The number of benzene rings is 4. The second-order valence-electron chi connectivity index (χ2n) is 10.3. The molecule has 4 aromatic carbocycles. The fourth-order valence-electron chi connectivity index (χ4n) is 4.60. The van der Waals surface area contributed by atoms with E-state index in [1.54, 1.807) is 72.8 Å². The van der Waals surface area contributed by atoms with Crippen LogP contribution in [0, 0.1) is 0 Å². The number of esters is 2. The van der Waals surface area contributed by atoms with Crippen molar-refractivity contribution in [2.75, 3.05) is 27.4 Å². The standard InChI is InChI=1S/C36H36Cl2O8/c1-41-33(27-9-5-3-6-10-27)35(39)45-31(23-43-21-25-13-17-29(37)18-14-25)32(24-44-22-26-15-19-30(38)20-16-26)46-36(40)34(42-2)28-11-7-4-8-12-28/h3-20,31-34H,21-24H2,1-2H3/t31-,32-,33+,34+/m0/s1. The van der Waals surface area contributed by atoms with Gasteiger partial charge in [0.25, 0.3) is 0 Å². The van der Waals surface area contributed by atoms with E-state index in [2.05, 4.69) is 0 Å². The highest BCUT2D eigenvalue weighted by molar-refractivity contribution is 6.30. The van der Waals surface area contributed by atoms with Crippen molar-refractivity contribution in [2.45, 2.75) is 37.6 Å². The van der Waals surface area contributed by atoms with Crippen LogP contribution in [0.1, 0.15) is 34.5 Å². The van der Waals surface area contributed by atoms with E-state index in [9.17, 15) is 9.59 Å². The van der Waals surface area contributed by atoms with Gasteiger partial charge in [0.1, 0.15) is 0 Å². The first-order valence-electron chi connectivity index (χ1n) is 14.6. The number of carbonyl (C=O) groups excluding carboxylic acids is 2. The number of hydrogen-bond donors (Lipinski definition) is 0. The van der Waals surface area contributed by atoms with Gasteiger partial charge in [0, 0.05) is 24.3 Å². The molecule has 10 heteroatoms. The lowest BCUT2D eigenvalue weighted by molar-refractivity contribution is -0.190. The lowest BCUT2D eigenvalue weighted by Gasteiger charge is -2.29. The highest BCUT2D eigenvalue weighted by Crippen LogP contribution is 2.24. The Morgan fingerprint density at radius 3 is 1.22 bits per heavy atom. The Kier molecular flexibility index (Phi) is 14.0. The van der Waals surface area contributed by atoms with Crippen LogP contribution in [0.25, 0.3) is 0 Å². The molecular weight excluding hydrogens is 631 g/mol. The highest BCUT2D eigenvalue weighted by Gasteiger charge is 2.35. The molecule has 0 amide bonds. The molecular formula is C36H36Cl2O8. The molecule has 4 rings (SSSR count). The number of ether oxygens (including phenoxy) is 6. The molecule has 4 atom stereocenters. The van der Waals surface area contributed by atoms with Crippen LogP contribution in [0.3, 0.4) is 0 Å². The van der Waals surface area contributed by atoms with Crippen molar-refractivity contribution in [1.82, 2.24) is 0 Å². The molecule has 46 heavy (non-hydrogen) atoms. The molecule has 0 aliphatic carbocycles. The number of halogens is 2. The van der Waals surface area contributed by atoms with E-state index in [0.29, 0.717) is 21.2 Å². The maximum atomic E-state index is 13.5. The fourth-order valence-corrected chi connectivity index (χ4v) is 4.85. The molecule has 0 saturated carbocycles. The van der Waals surface area contributed by atoms with Gasteiger partial charge in [0.2, 0.25) is 0 Å². The predicted molar refractivity (Wildman–Crippen MR) is 174 cm³/mol. The molecule has 242 valence electrons. The van der Waals surface area contributed by atoms with Gasteiger partial charge in [-0.3, -0.25) is 0 Å². The maximum absolute atomic E-state index is 13.5. The van der Waals surface area contributed by atoms with Crippen molar-refractivity contribution in [2.24, 2.45) is 0 Å². The zero-order valence-electron chi connectivity index (χ0n) is 25.6. The monoisotopic (exact) mass is 666 g/mol. The molecule has 0 unspecified atom stereocenters. The first-order chi connectivity index (χ1) is 22.4. The van der Waals surface area contributed by atoms with E-state index >= 15 is 0 Å². The van der Waals surface area contributed by atoms with Gasteiger partial charge in [-0.1, -0.05) is 108 Å². The van der Waals surface area contributed by atoms with Crippen LogP contribution >= 0.6 is 23.2 Å². The van der Waals surface area contributed by atoms with Gasteiger partial charge in [0.05, 0.1) is 26.4 Å². The largest absolute Gasteiger partial charge is 0.454 e. The molecule has 0 aromatic heterocycles. The quantitative estimate of drug-likeness (QED) is 0.108. The summed E-state index contributed by atoms with van der Waals surface area (Å²) in [6.07, 6.45) is -4.21. The molecule has 8 nitrogen and oxygen atoms in total. The normalized spacial score (nSPS) is 13.7. The molecule has 0 N–H and O–H groups in total. The Bertz CT molecular complexity index is 1370. The zero-order chi connectivity index (χ0) is 32.7. The molecule has 0 radical (unpaired) electrons. The Balaban J connectivity index is 1.58. The lowest BCUT2D eigenvalue weighted by atomic mass is 10.1. The lowest BCUT2D eigenvalue weighted by Crippen LogP contribution is -2.43. The van der Waals surface area contributed by atoms with Crippen molar-refractivity contribution in [3.8, 4) is 0 Å². The number of hydrogen-bond acceptors (Lipinski definition) is 8. The molecule has 0 spiro atoms. The minimum absolute atomic E-state index is 0.120. The summed E-state index contributed by atoms with van der Waals surface area (Å²) < 4.78 is 35.0. The van der Waals surface area contributed by atoms with Crippen molar-refractivity contribution in [3.05, 3.63) is 141 Å². The third-order valence-electron chi connectivity index (χ3n) is 6.98. The van der Waals surface area contributed by atoms with Crippen LogP contribution in [0.4, 0.5) is 0 Å². The molecule has 0 fully saturated rings.